The van der Waals surface area contributed by atoms with Crippen molar-refractivity contribution in [1.29, 1.82) is 0 Å². The molecule has 2 aromatic rings. The van der Waals surface area contributed by atoms with Crippen molar-refractivity contribution >= 4 is 17.3 Å². The number of carboxylic acids is 1. The maximum absolute atomic E-state index is 10.8. The van der Waals surface area contributed by atoms with E-state index in [-0.39, 0.29) is 11.5 Å². The molecule has 2 rings (SSSR count). The highest BCUT2D eigenvalue weighted by Gasteiger charge is 2.09. The third-order valence-electron chi connectivity index (χ3n) is 2.71. The summed E-state index contributed by atoms with van der Waals surface area (Å²) in [6.07, 6.45) is 0. The van der Waals surface area contributed by atoms with Crippen molar-refractivity contribution in [3.63, 3.8) is 0 Å². The van der Waals surface area contributed by atoms with Crippen LogP contribution in [0.3, 0.4) is 0 Å². The Balaban J connectivity index is 2.10. The molecule has 0 saturated carbocycles. The van der Waals surface area contributed by atoms with Gasteiger partial charge in [0.2, 0.25) is 0 Å². The van der Waals surface area contributed by atoms with E-state index in [1.54, 1.807) is 6.92 Å². The standard InChI is InChI=1S/C14H15NO3S/c1-8-4-5-11(9(2)6-8)18-7-12-15-10(3)13(19-12)14(16)17/h4-6H,7H2,1-3H3,(H,16,17)/p-1. The summed E-state index contributed by atoms with van der Waals surface area (Å²) in [5.41, 5.74) is 2.70. The van der Waals surface area contributed by atoms with Crippen molar-refractivity contribution in [2.24, 2.45) is 0 Å². The molecule has 100 valence electrons. The summed E-state index contributed by atoms with van der Waals surface area (Å²) in [5.74, 6) is -0.402. The first kappa shape index (κ1) is 13.5. The fraction of sp³-hybridized carbons (Fsp3) is 0.286. The van der Waals surface area contributed by atoms with Crippen molar-refractivity contribution in [3.05, 3.63) is 44.9 Å². The molecule has 0 saturated heterocycles. The van der Waals surface area contributed by atoms with Crippen LogP contribution in [0.5, 0.6) is 5.75 Å². The van der Waals surface area contributed by atoms with Crippen LogP contribution in [-0.4, -0.2) is 11.0 Å². The molecule has 4 nitrogen and oxygen atoms in total. The molecule has 0 bridgehead atoms. The molecule has 0 radical (unpaired) electrons. The highest BCUT2D eigenvalue weighted by molar-refractivity contribution is 7.13. The zero-order valence-electron chi connectivity index (χ0n) is 11.0. The summed E-state index contributed by atoms with van der Waals surface area (Å²) < 4.78 is 5.66. The SMILES string of the molecule is Cc1ccc(OCc2nc(C)c(C(=O)[O-])s2)c(C)c1. The van der Waals surface area contributed by atoms with Gasteiger partial charge in [0.15, 0.2) is 0 Å². The van der Waals surface area contributed by atoms with Crippen molar-refractivity contribution in [2.45, 2.75) is 27.4 Å². The largest absolute Gasteiger partial charge is 0.544 e. The van der Waals surface area contributed by atoms with Crippen LogP contribution in [0.4, 0.5) is 0 Å². The molecule has 0 spiro atoms. The van der Waals surface area contributed by atoms with Crippen LogP contribution in [-0.2, 0) is 6.61 Å². The average molecular weight is 276 g/mol. The Morgan fingerprint density at radius 3 is 2.68 bits per heavy atom. The molecule has 0 unspecified atom stereocenters. The molecule has 5 heteroatoms. The number of carboxylic acid groups (broad SMARTS) is 1. The third kappa shape index (κ3) is 3.12. The molecule has 0 atom stereocenters. The van der Waals surface area contributed by atoms with E-state index >= 15 is 0 Å². The first-order chi connectivity index (χ1) is 8.97. The number of carbonyl (C=O) groups is 1. The second-order valence-electron chi connectivity index (χ2n) is 4.37. The van der Waals surface area contributed by atoms with Crippen molar-refractivity contribution in [3.8, 4) is 5.75 Å². The normalized spacial score (nSPS) is 10.5. The Bertz CT molecular complexity index is 619. The molecule has 19 heavy (non-hydrogen) atoms. The van der Waals surface area contributed by atoms with Gasteiger partial charge in [-0.2, -0.15) is 0 Å². The van der Waals surface area contributed by atoms with E-state index in [9.17, 15) is 9.90 Å². The van der Waals surface area contributed by atoms with E-state index in [4.69, 9.17) is 4.74 Å². The van der Waals surface area contributed by atoms with Gasteiger partial charge in [-0.15, -0.1) is 11.3 Å². The first-order valence-corrected chi connectivity index (χ1v) is 6.66. The molecule has 1 aromatic heterocycles. The third-order valence-corrected chi connectivity index (χ3v) is 3.82. The molecular weight excluding hydrogens is 262 g/mol. The van der Waals surface area contributed by atoms with Crippen LogP contribution >= 0.6 is 11.3 Å². The van der Waals surface area contributed by atoms with Gasteiger partial charge in [-0.25, -0.2) is 4.98 Å². The van der Waals surface area contributed by atoms with Crippen LogP contribution in [0, 0.1) is 20.8 Å². The lowest BCUT2D eigenvalue weighted by atomic mass is 10.1. The van der Waals surface area contributed by atoms with Gasteiger partial charge < -0.3 is 14.6 Å². The van der Waals surface area contributed by atoms with Gasteiger partial charge in [-0.1, -0.05) is 17.7 Å². The molecule has 0 N–H and O–H groups in total. The smallest absolute Gasteiger partial charge is 0.140 e. The van der Waals surface area contributed by atoms with E-state index in [1.807, 2.05) is 32.0 Å². The van der Waals surface area contributed by atoms with Crippen LogP contribution in [0.2, 0.25) is 0 Å². The predicted molar refractivity (Wildman–Crippen MR) is 71.4 cm³/mol. The number of hydrogen-bond donors (Lipinski definition) is 0. The quantitative estimate of drug-likeness (QED) is 0.857. The van der Waals surface area contributed by atoms with Crippen molar-refractivity contribution in [2.75, 3.05) is 0 Å². The van der Waals surface area contributed by atoms with E-state index in [0.717, 1.165) is 22.6 Å². The number of aryl methyl sites for hydroxylation is 3. The lowest BCUT2D eigenvalue weighted by Gasteiger charge is -2.08. The molecule has 1 aromatic carbocycles. The minimum Gasteiger partial charge on any atom is -0.544 e. The molecule has 0 fully saturated rings. The number of rotatable bonds is 4. The van der Waals surface area contributed by atoms with E-state index in [1.165, 1.54) is 5.56 Å². The topological polar surface area (TPSA) is 62.2 Å². The Kier molecular flexibility index (Phi) is 3.85. The summed E-state index contributed by atoms with van der Waals surface area (Å²) in [6, 6.07) is 5.92. The summed E-state index contributed by atoms with van der Waals surface area (Å²) in [6.45, 7) is 5.92. The van der Waals surface area contributed by atoms with E-state index in [0.29, 0.717) is 10.7 Å². The number of nitrogens with zero attached hydrogens (tertiary/aromatic N) is 1. The van der Waals surface area contributed by atoms with Gasteiger partial charge >= 0.3 is 0 Å². The van der Waals surface area contributed by atoms with Crippen LogP contribution < -0.4 is 9.84 Å². The second kappa shape index (κ2) is 5.40. The van der Waals surface area contributed by atoms with E-state index < -0.39 is 5.97 Å². The van der Waals surface area contributed by atoms with Crippen molar-refractivity contribution < 1.29 is 14.6 Å². The minimum atomic E-state index is -1.19. The number of ether oxygens (including phenoxy) is 1. The molecule has 0 aliphatic rings. The van der Waals surface area contributed by atoms with Gasteiger partial charge in [0.05, 0.1) is 16.5 Å². The highest BCUT2D eigenvalue weighted by atomic mass is 32.1. The number of aromatic nitrogens is 1. The predicted octanol–water partition coefficient (Wildman–Crippen LogP) is 2.01. The average Bonchev–Trinajstić information content (AvgIpc) is 2.69. The summed E-state index contributed by atoms with van der Waals surface area (Å²) in [7, 11) is 0. The molecular formula is C14H14NO3S-. The summed E-state index contributed by atoms with van der Waals surface area (Å²) >= 11 is 1.10. The molecule has 0 aliphatic heterocycles. The fourth-order valence-corrected chi connectivity index (χ4v) is 2.62. The van der Waals surface area contributed by atoms with Crippen LogP contribution in [0.15, 0.2) is 18.2 Å². The summed E-state index contributed by atoms with van der Waals surface area (Å²) in [5, 5.41) is 11.5. The number of carbonyl (C=O) groups excluding carboxylic acids is 1. The Morgan fingerprint density at radius 1 is 1.37 bits per heavy atom. The lowest BCUT2D eigenvalue weighted by molar-refractivity contribution is -0.254. The number of aromatic carboxylic acids is 1. The summed E-state index contributed by atoms with van der Waals surface area (Å²) in [4.78, 5) is 15.2. The number of hydrogen-bond acceptors (Lipinski definition) is 5. The highest BCUT2D eigenvalue weighted by Crippen LogP contribution is 2.22. The second-order valence-corrected chi connectivity index (χ2v) is 5.45. The maximum Gasteiger partial charge on any atom is 0.140 e. The minimum absolute atomic E-state index is 0.166. The molecule has 0 aliphatic carbocycles. The van der Waals surface area contributed by atoms with E-state index in [2.05, 4.69) is 4.98 Å². The monoisotopic (exact) mass is 276 g/mol. The van der Waals surface area contributed by atoms with Gasteiger partial charge in [-0.05, 0) is 32.4 Å². The Labute approximate surface area is 115 Å². The van der Waals surface area contributed by atoms with Crippen LogP contribution in [0.25, 0.3) is 0 Å². The maximum atomic E-state index is 10.8. The van der Waals surface area contributed by atoms with Gasteiger partial charge in [0, 0.05) is 0 Å². The zero-order valence-corrected chi connectivity index (χ0v) is 11.8. The van der Waals surface area contributed by atoms with Crippen molar-refractivity contribution in [1.82, 2.24) is 4.98 Å². The molecule has 1 heterocycles. The first-order valence-electron chi connectivity index (χ1n) is 5.85. The van der Waals surface area contributed by atoms with Gasteiger partial charge in [0.25, 0.3) is 0 Å². The Morgan fingerprint density at radius 2 is 2.11 bits per heavy atom. The molecule has 0 amide bonds. The van der Waals surface area contributed by atoms with Crippen LogP contribution in [0.1, 0.15) is 31.5 Å². The van der Waals surface area contributed by atoms with Gasteiger partial charge in [-0.3, -0.25) is 0 Å². The Hall–Kier alpha value is -1.88. The number of thiazole rings is 1. The fourth-order valence-electron chi connectivity index (χ4n) is 1.80. The van der Waals surface area contributed by atoms with Gasteiger partial charge in [0.1, 0.15) is 17.4 Å². The zero-order chi connectivity index (χ0) is 14.0. The number of benzene rings is 1. The lowest BCUT2D eigenvalue weighted by Crippen LogP contribution is -2.21.